The molecule has 0 bridgehead atoms. The summed E-state index contributed by atoms with van der Waals surface area (Å²) in [7, 11) is 0. The number of halogens is 2. The highest BCUT2D eigenvalue weighted by Crippen LogP contribution is 2.26. The van der Waals surface area contributed by atoms with Crippen molar-refractivity contribution >= 4 is 22.5 Å². The van der Waals surface area contributed by atoms with Gasteiger partial charge in [0.15, 0.2) is 0 Å². The first-order chi connectivity index (χ1) is 10.2. The summed E-state index contributed by atoms with van der Waals surface area (Å²) in [6.07, 6.45) is 0.859. The van der Waals surface area contributed by atoms with E-state index in [9.17, 15) is 4.39 Å². The third-order valence-electron chi connectivity index (χ3n) is 3.52. The van der Waals surface area contributed by atoms with Gasteiger partial charge in [-0.2, -0.15) is 0 Å². The summed E-state index contributed by atoms with van der Waals surface area (Å²) >= 11 is 6.36. The molecule has 0 saturated heterocycles. The fourth-order valence-corrected chi connectivity index (χ4v) is 2.66. The fraction of sp³-hybridized carbons (Fsp3) is 0.176. The van der Waals surface area contributed by atoms with Crippen LogP contribution in [0.2, 0.25) is 5.02 Å². The van der Waals surface area contributed by atoms with E-state index in [0.717, 1.165) is 40.1 Å². The zero-order chi connectivity index (χ0) is 14.7. The second kappa shape index (κ2) is 6.29. The van der Waals surface area contributed by atoms with E-state index < -0.39 is 0 Å². The van der Waals surface area contributed by atoms with Crippen molar-refractivity contribution in [3.05, 3.63) is 70.6 Å². The van der Waals surface area contributed by atoms with Gasteiger partial charge in [-0.1, -0.05) is 41.9 Å². The number of hydrogen-bond donors (Lipinski definition) is 2. The van der Waals surface area contributed by atoms with Gasteiger partial charge in [0.25, 0.3) is 0 Å². The number of fused-ring (bicyclic) bond motifs is 1. The molecule has 108 valence electrons. The van der Waals surface area contributed by atoms with Crippen molar-refractivity contribution in [1.29, 1.82) is 0 Å². The van der Waals surface area contributed by atoms with Crippen molar-refractivity contribution in [2.45, 2.75) is 13.0 Å². The van der Waals surface area contributed by atoms with Crippen molar-refractivity contribution in [1.82, 2.24) is 10.3 Å². The number of rotatable bonds is 5. The molecule has 3 rings (SSSR count). The molecule has 0 radical (unpaired) electrons. The molecule has 0 fully saturated rings. The van der Waals surface area contributed by atoms with Crippen LogP contribution in [0, 0.1) is 5.82 Å². The molecule has 2 aromatic carbocycles. The van der Waals surface area contributed by atoms with Crippen molar-refractivity contribution in [2.24, 2.45) is 0 Å². The monoisotopic (exact) mass is 302 g/mol. The van der Waals surface area contributed by atoms with E-state index in [1.807, 2.05) is 36.4 Å². The van der Waals surface area contributed by atoms with Gasteiger partial charge in [-0.25, -0.2) is 4.39 Å². The molecule has 3 aromatic rings. The molecule has 0 saturated carbocycles. The summed E-state index contributed by atoms with van der Waals surface area (Å²) in [5.41, 5.74) is 3.17. The molecule has 1 aromatic heterocycles. The smallest absolute Gasteiger partial charge is 0.123 e. The third kappa shape index (κ3) is 3.26. The summed E-state index contributed by atoms with van der Waals surface area (Å²) in [6.45, 7) is 1.51. The van der Waals surface area contributed by atoms with Gasteiger partial charge in [-0.05, 0) is 36.7 Å². The van der Waals surface area contributed by atoms with E-state index in [4.69, 9.17) is 11.6 Å². The Bertz CT molecular complexity index is 734. The van der Waals surface area contributed by atoms with Gasteiger partial charge >= 0.3 is 0 Å². The predicted octanol–water partition coefficient (Wildman–Crippen LogP) is 4.29. The highest BCUT2D eigenvalue weighted by atomic mass is 35.5. The number of nitrogens with one attached hydrogen (secondary N) is 2. The van der Waals surface area contributed by atoms with Crippen molar-refractivity contribution in [3.8, 4) is 0 Å². The summed E-state index contributed by atoms with van der Waals surface area (Å²) in [4.78, 5) is 3.33. The lowest BCUT2D eigenvalue weighted by Gasteiger charge is -2.04. The molecule has 0 aliphatic carbocycles. The number of benzene rings is 2. The Morgan fingerprint density at radius 3 is 2.57 bits per heavy atom. The zero-order valence-corrected chi connectivity index (χ0v) is 12.3. The Morgan fingerprint density at radius 2 is 1.81 bits per heavy atom. The third-order valence-corrected chi connectivity index (χ3v) is 3.95. The lowest BCUT2D eigenvalue weighted by Crippen LogP contribution is -2.17. The van der Waals surface area contributed by atoms with Gasteiger partial charge in [0.2, 0.25) is 0 Å². The van der Waals surface area contributed by atoms with Crippen LogP contribution in [-0.4, -0.2) is 11.5 Å². The first-order valence-corrected chi connectivity index (χ1v) is 7.32. The number of para-hydroxylation sites is 1. The van der Waals surface area contributed by atoms with E-state index in [2.05, 4.69) is 10.3 Å². The Balaban J connectivity index is 1.57. The molecular formula is C17H16ClFN2. The van der Waals surface area contributed by atoms with E-state index in [1.54, 1.807) is 0 Å². The van der Waals surface area contributed by atoms with Crippen LogP contribution in [0.25, 0.3) is 10.9 Å². The minimum Gasteiger partial charge on any atom is -0.356 e. The quantitative estimate of drug-likeness (QED) is 0.676. The summed E-state index contributed by atoms with van der Waals surface area (Å²) in [6, 6.07) is 14.6. The van der Waals surface area contributed by atoms with Crippen molar-refractivity contribution < 1.29 is 4.39 Å². The molecule has 0 aliphatic rings. The molecule has 2 N–H and O–H groups in total. The van der Waals surface area contributed by atoms with Crippen LogP contribution >= 0.6 is 11.6 Å². The van der Waals surface area contributed by atoms with E-state index in [-0.39, 0.29) is 5.82 Å². The van der Waals surface area contributed by atoms with E-state index >= 15 is 0 Å². The van der Waals surface area contributed by atoms with Crippen LogP contribution in [-0.2, 0) is 13.0 Å². The second-order valence-corrected chi connectivity index (χ2v) is 5.39. The number of hydrogen-bond acceptors (Lipinski definition) is 1. The average molecular weight is 303 g/mol. The van der Waals surface area contributed by atoms with Gasteiger partial charge in [0.1, 0.15) is 5.82 Å². The van der Waals surface area contributed by atoms with Crippen LogP contribution < -0.4 is 5.32 Å². The molecule has 21 heavy (non-hydrogen) atoms. The molecule has 0 aliphatic heterocycles. The highest BCUT2D eigenvalue weighted by Gasteiger charge is 2.07. The lowest BCUT2D eigenvalue weighted by molar-refractivity contribution is 0.625. The van der Waals surface area contributed by atoms with Gasteiger partial charge in [0.05, 0.1) is 5.02 Å². The average Bonchev–Trinajstić information content (AvgIpc) is 2.82. The minimum atomic E-state index is -0.198. The molecule has 1 heterocycles. The maximum Gasteiger partial charge on any atom is 0.123 e. The molecule has 0 atom stereocenters. The number of H-pyrrole nitrogens is 1. The first-order valence-electron chi connectivity index (χ1n) is 6.94. The van der Waals surface area contributed by atoms with Gasteiger partial charge in [-0.3, -0.25) is 0 Å². The number of aromatic nitrogens is 1. The minimum absolute atomic E-state index is 0.198. The molecule has 0 amide bonds. The van der Waals surface area contributed by atoms with Gasteiger partial charge in [0, 0.05) is 23.1 Å². The Labute approximate surface area is 127 Å². The summed E-state index contributed by atoms with van der Waals surface area (Å²) in [5.74, 6) is -0.198. The molecule has 0 unspecified atom stereocenters. The Morgan fingerprint density at radius 1 is 1.05 bits per heavy atom. The second-order valence-electron chi connectivity index (χ2n) is 5.02. The van der Waals surface area contributed by atoms with Gasteiger partial charge in [-0.15, -0.1) is 0 Å². The van der Waals surface area contributed by atoms with Crippen LogP contribution in [0.5, 0.6) is 0 Å². The molecular weight excluding hydrogens is 287 g/mol. The van der Waals surface area contributed by atoms with E-state index in [0.29, 0.717) is 6.54 Å². The Kier molecular flexibility index (Phi) is 4.23. The fourth-order valence-electron chi connectivity index (χ4n) is 2.38. The van der Waals surface area contributed by atoms with Crippen LogP contribution in [0.15, 0.2) is 48.5 Å². The standard InChI is InChI=1S/C17H16ClFN2/c18-17-14-3-1-2-4-15(14)21-16(17)11-20-10-9-12-5-7-13(19)8-6-12/h1-8,20-21H,9-11H2. The first kappa shape index (κ1) is 14.1. The van der Waals surface area contributed by atoms with Crippen LogP contribution in [0.1, 0.15) is 11.3 Å². The van der Waals surface area contributed by atoms with Gasteiger partial charge < -0.3 is 10.3 Å². The summed E-state index contributed by atoms with van der Waals surface area (Å²) < 4.78 is 12.8. The molecule has 0 spiro atoms. The topological polar surface area (TPSA) is 27.8 Å². The van der Waals surface area contributed by atoms with E-state index in [1.165, 1.54) is 12.1 Å². The maximum absolute atomic E-state index is 12.8. The molecule has 4 heteroatoms. The zero-order valence-electron chi connectivity index (χ0n) is 11.5. The number of aromatic amines is 1. The predicted molar refractivity (Wildman–Crippen MR) is 85.1 cm³/mol. The Hall–Kier alpha value is -1.84. The normalized spacial score (nSPS) is 11.1. The van der Waals surface area contributed by atoms with Crippen LogP contribution in [0.3, 0.4) is 0 Å². The summed E-state index contributed by atoms with van der Waals surface area (Å²) in [5, 5.41) is 5.19. The lowest BCUT2D eigenvalue weighted by atomic mass is 10.1. The SMILES string of the molecule is Fc1ccc(CCNCc2[nH]c3ccccc3c2Cl)cc1. The largest absolute Gasteiger partial charge is 0.356 e. The van der Waals surface area contributed by atoms with Crippen molar-refractivity contribution in [2.75, 3.05) is 6.54 Å². The van der Waals surface area contributed by atoms with Crippen LogP contribution in [0.4, 0.5) is 4.39 Å². The highest BCUT2D eigenvalue weighted by molar-refractivity contribution is 6.36. The van der Waals surface area contributed by atoms with Crippen molar-refractivity contribution in [3.63, 3.8) is 0 Å². The molecule has 2 nitrogen and oxygen atoms in total. The maximum atomic E-state index is 12.8.